The van der Waals surface area contributed by atoms with Gasteiger partial charge in [-0.3, -0.25) is 9.59 Å². The summed E-state index contributed by atoms with van der Waals surface area (Å²) in [5, 5.41) is 2.23. The first-order valence-electron chi connectivity index (χ1n) is 6.90. The van der Waals surface area contributed by atoms with E-state index in [0.29, 0.717) is 6.42 Å². The number of anilines is 1. The van der Waals surface area contributed by atoms with Gasteiger partial charge in [0.2, 0.25) is 11.8 Å². The van der Waals surface area contributed by atoms with E-state index in [1.807, 2.05) is 6.92 Å². The average Bonchev–Trinajstić information content (AvgIpc) is 2.43. The van der Waals surface area contributed by atoms with E-state index in [9.17, 15) is 22.8 Å². The third-order valence-electron chi connectivity index (χ3n) is 3.35. The van der Waals surface area contributed by atoms with Gasteiger partial charge in [0.25, 0.3) is 0 Å². The number of hydrogen-bond acceptors (Lipinski definition) is 2. The molecule has 0 saturated carbocycles. The molecule has 1 N–H and O–H groups in total. The summed E-state index contributed by atoms with van der Waals surface area (Å²) in [6.45, 7) is 4.68. The second-order valence-corrected chi connectivity index (χ2v) is 5.00. The summed E-state index contributed by atoms with van der Waals surface area (Å²) >= 11 is 0. The van der Waals surface area contributed by atoms with E-state index < -0.39 is 17.6 Å². The Morgan fingerprint density at radius 1 is 1.27 bits per heavy atom. The molecule has 0 spiro atoms. The van der Waals surface area contributed by atoms with Gasteiger partial charge in [0.15, 0.2) is 0 Å². The van der Waals surface area contributed by atoms with Crippen molar-refractivity contribution >= 4 is 17.5 Å². The van der Waals surface area contributed by atoms with Gasteiger partial charge in [0, 0.05) is 13.0 Å². The molecule has 1 rings (SSSR count). The number of alkyl halides is 3. The number of rotatable bonds is 5. The molecular formula is C15H19F3N2O2. The molecule has 0 aliphatic carbocycles. The summed E-state index contributed by atoms with van der Waals surface area (Å²) in [7, 11) is 0. The molecule has 0 saturated heterocycles. The van der Waals surface area contributed by atoms with Crippen LogP contribution < -0.4 is 5.32 Å². The smallest absolute Gasteiger partial charge is 0.331 e. The van der Waals surface area contributed by atoms with Crippen LogP contribution in [-0.4, -0.2) is 29.3 Å². The van der Waals surface area contributed by atoms with Crippen LogP contribution >= 0.6 is 0 Å². The summed E-state index contributed by atoms with van der Waals surface area (Å²) in [6.07, 6.45) is -3.91. The molecule has 1 aromatic carbocycles. The monoisotopic (exact) mass is 316 g/mol. The molecule has 1 atom stereocenters. The largest absolute Gasteiger partial charge is 0.418 e. The van der Waals surface area contributed by atoms with Crippen molar-refractivity contribution in [1.29, 1.82) is 0 Å². The maximum Gasteiger partial charge on any atom is 0.418 e. The van der Waals surface area contributed by atoms with Crippen molar-refractivity contribution in [2.24, 2.45) is 0 Å². The zero-order chi connectivity index (χ0) is 16.9. The minimum absolute atomic E-state index is 0.166. The Bertz CT molecular complexity index is 544. The normalized spacial score (nSPS) is 12.6. The Labute approximate surface area is 127 Å². The number of nitrogens with zero attached hydrogens (tertiary/aromatic N) is 1. The number of benzene rings is 1. The standard InChI is InChI=1S/C15H19F3N2O2/c1-4-10(2)20(11(3)21)9-14(22)19-13-8-6-5-7-12(13)15(16,17)18/h5-8,10H,4,9H2,1-3H3,(H,19,22). The van der Waals surface area contributed by atoms with Gasteiger partial charge >= 0.3 is 6.18 Å². The van der Waals surface area contributed by atoms with Crippen molar-refractivity contribution in [1.82, 2.24) is 4.90 Å². The van der Waals surface area contributed by atoms with E-state index in [1.54, 1.807) is 6.92 Å². The lowest BCUT2D eigenvalue weighted by molar-refractivity contribution is -0.137. The Hall–Kier alpha value is -2.05. The summed E-state index contributed by atoms with van der Waals surface area (Å²) in [5.74, 6) is -0.958. The van der Waals surface area contributed by atoms with Crippen molar-refractivity contribution < 1.29 is 22.8 Å². The lowest BCUT2D eigenvalue weighted by Gasteiger charge is -2.27. The lowest BCUT2D eigenvalue weighted by atomic mass is 10.1. The maximum atomic E-state index is 12.9. The van der Waals surface area contributed by atoms with Gasteiger partial charge < -0.3 is 10.2 Å². The molecule has 0 aliphatic heterocycles. The van der Waals surface area contributed by atoms with Crippen molar-refractivity contribution in [2.75, 3.05) is 11.9 Å². The molecule has 0 heterocycles. The summed E-state index contributed by atoms with van der Waals surface area (Å²) in [6, 6.07) is 4.57. The van der Waals surface area contributed by atoms with Gasteiger partial charge in [-0.2, -0.15) is 13.2 Å². The van der Waals surface area contributed by atoms with E-state index >= 15 is 0 Å². The topological polar surface area (TPSA) is 49.4 Å². The van der Waals surface area contributed by atoms with Crippen LogP contribution in [0.3, 0.4) is 0 Å². The SMILES string of the molecule is CCC(C)N(CC(=O)Nc1ccccc1C(F)(F)F)C(C)=O. The minimum Gasteiger partial charge on any atom is -0.331 e. The van der Waals surface area contributed by atoms with Crippen molar-refractivity contribution in [3.05, 3.63) is 29.8 Å². The van der Waals surface area contributed by atoms with Gasteiger partial charge in [0.05, 0.1) is 11.3 Å². The fourth-order valence-electron chi connectivity index (χ4n) is 1.98. The molecule has 1 unspecified atom stereocenters. The van der Waals surface area contributed by atoms with Crippen LogP contribution in [0.4, 0.5) is 18.9 Å². The van der Waals surface area contributed by atoms with E-state index in [0.717, 1.165) is 6.07 Å². The van der Waals surface area contributed by atoms with Crippen LogP contribution in [0.25, 0.3) is 0 Å². The number of amides is 2. The lowest BCUT2D eigenvalue weighted by Crippen LogP contribution is -2.42. The molecule has 0 aliphatic rings. The number of para-hydroxylation sites is 1. The van der Waals surface area contributed by atoms with Gasteiger partial charge in [-0.15, -0.1) is 0 Å². The van der Waals surface area contributed by atoms with Gasteiger partial charge in [0.1, 0.15) is 6.54 Å². The number of hydrogen-bond donors (Lipinski definition) is 1. The second-order valence-electron chi connectivity index (χ2n) is 5.00. The number of halogens is 3. The van der Waals surface area contributed by atoms with Gasteiger partial charge in [-0.25, -0.2) is 0 Å². The van der Waals surface area contributed by atoms with Crippen LogP contribution in [0.5, 0.6) is 0 Å². The Balaban J connectivity index is 2.88. The van der Waals surface area contributed by atoms with Crippen molar-refractivity contribution in [3.63, 3.8) is 0 Å². The van der Waals surface area contributed by atoms with Gasteiger partial charge in [-0.1, -0.05) is 19.1 Å². The molecule has 22 heavy (non-hydrogen) atoms. The van der Waals surface area contributed by atoms with Crippen LogP contribution in [0, 0.1) is 0 Å². The Morgan fingerprint density at radius 3 is 2.36 bits per heavy atom. The molecule has 0 bridgehead atoms. The molecule has 0 aromatic heterocycles. The van der Waals surface area contributed by atoms with Gasteiger partial charge in [-0.05, 0) is 25.5 Å². The maximum absolute atomic E-state index is 12.9. The first-order chi connectivity index (χ1) is 10.2. The quantitative estimate of drug-likeness (QED) is 0.906. The van der Waals surface area contributed by atoms with E-state index in [4.69, 9.17) is 0 Å². The number of nitrogens with one attached hydrogen (secondary N) is 1. The molecule has 7 heteroatoms. The van der Waals surface area contributed by atoms with Crippen LogP contribution in [0.2, 0.25) is 0 Å². The number of carbonyl (C=O) groups excluding carboxylic acids is 2. The molecule has 4 nitrogen and oxygen atoms in total. The van der Waals surface area contributed by atoms with E-state index in [2.05, 4.69) is 5.32 Å². The highest BCUT2D eigenvalue weighted by molar-refractivity contribution is 5.95. The van der Waals surface area contributed by atoms with Crippen molar-refractivity contribution in [3.8, 4) is 0 Å². The molecular weight excluding hydrogens is 297 g/mol. The third kappa shape index (κ3) is 4.75. The second kappa shape index (κ2) is 7.29. The van der Waals surface area contributed by atoms with Crippen LogP contribution in [0.1, 0.15) is 32.8 Å². The minimum atomic E-state index is -4.55. The van der Waals surface area contributed by atoms with Crippen LogP contribution in [0.15, 0.2) is 24.3 Å². The first-order valence-corrected chi connectivity index (χ1v) is 6.90. The Morgan fingerprint density at radius 2 is 1.86 bits per heavy atom. The van der Waals surface area contributed by atoms with Crippen LogP contribution in [-0.2, 0) is 15.8 Å². The molecule has 122 valence electrons. The summed E-state index contributed by atoms with van der Waals surface area (Å²) in [5.41, 5.74) is -1.23. The fourth-order valence-corrected chi connectivity index (χ4v) is 1.98. The predicted molar refractivity (Wildman–Crippen MR) is 77.2 cm³/mol. The zero-order valence-corrected chi connectivity index (χ0v) is 12.7. The molecule has 0 fully saturated rings. The number of carbonyl (C=O) groups is 2. The average molecular weight is 316 g/mol. The molecule has 2 amide bonds. The third-order valence-corrected chi connectivity index (χ3v) is 3.35. The van der Waals surface area contributed by atoms with E-state index in [1.165, 1.54) is 30.0 Å². The highest BCUT2D eigenvalue weighted by Gasteiger charge is 2.33. The zero-order valence-electron chi connectivity index (χ0n) is 12.7. The summed E-state index contributed by atoms with van der Waals surface area (Å²) < 4.78 is 38.6. The predicted octanol–water partition coefficient (Wildman–Crippen LogP) is 3.29. The first kappa shape index (κ1) is 18.0. The Kier molecular flexibility index (Phi) is 5.96. The molecule has 0 radical (unpaired) electrons. The highest BCUT2D eigenvalue weighted by atomic mass is 19.4. The molecule has 1 aromatic rings. The van der Waals surface area contributed by atoms with Crippen molar-refractivity contribution in [2.45, 2.75) is 39.4 Å². The fraction of sp³-hybridized carbons (Fsp3) is 0.467. The summed E-state index contributed by atoms with van der Waals surface area (Å²) in [4.78, 5) is 24.8. The highest BCUT2D eigenvalue weighted by Crippen LogP contribution is 2.34. The van der Waals surface area contributed by atoms with E-state index in [-0.39, 0.29) is 24.2 Å².